The summed E-state index contributed by atoms with van der Waals surface area (Å²) in [6.07, 6.45) is 3.73. The van der Waals surface area contributed by atoms with Crippen molar-refractivity contribution in [3.8, 4) is 0 Å². The van der Waals surface area contributed by atoms with Crippen LogP contribution in [0.3, 0.4) is 0 Å². The first kappa shape index (κ1) is 10.2. The van der Waals surface area contributed by atoms with Crippen molar-refractivity contribution in [2.75, 3.05) is 11.2 Å². The van der Waals surface area contributed by atoms with Crippen molar-refractivity contribution in [1.29, 1.82) is 0 Å². The predicted octanol–water partition coefficient (Wildman–Crippen LogP) is -1.65. The number of thioether (sulfide) groups is 1. The third kappa shape index (κ3) is 3.24. The Hall–Kier alpha value is 0.120. The summed E-state index contributed by atoms with van der Waals surface area (Å²) in [6, 6.07) is 1.89. The molecule has 0 aliphatic rings. The van der Waals surface area contributed by atoms with E-state index >= 15 is 0 Å². The monoisotopic (exact) mass is 297 g/mol. The molecule has 0 bridgehead atoms. The van der Waals surface area contributed by atoms with E-state index in [1.165, 1.54) is 0 Å². The van der Waals surface area contributed by atoms with Gasteiger partial charge in [0.2, 0.25) is 0 Å². The number of halogens is 1. The van der Waals surface area contributed by atoms with Crippen LogP contribution >= 0.6 is 11.8 Å². The fourth-order valence-corrected chi connectivity index (χ4v) is 1.67. The summed E-state index contributed by atoms with van der Waals surface area (Å²) >= 11 is 1.45. The minimum absolute atomic E-state index is 0.100. The van der Waals surface area contributed by atoms with Crippen LogP contribution in [0.2, 0.25) is 0 Å². The van der Waals surface area contributed by atoms with E-state index in [-0.39, 0.29) is 21.6 Å². The Labute approximate surface area is 87.1 Å². The van der Waals surface area contributed by atoms with Crippen LogP contribution in [-0.2, 0) is 9.67 Å². The van der Waals surface area contributed by atoms with Crippen LogP contribution in [0.15, 0.2) is 17.4 Å². The molecule has 0 radical (unpaired) electrons. The molecule has 0 unspecified atom stereocenters. The summed E-state index contributed by atoms with van der Waals surface area (Å²) in [4.78, 5) is 10.4. The molecule has 1 aromatic heterocycles. The SMILES string of the molecule is CSc1nccc(CO[I-]C)n1. The van der Waals surface area contributed by atoms with Gasteiger partial charge in [0.25, 0.3) is 0 Å². The first-order valence-electron chi connectivity index (χ1n) is 3.34. The normalized spacial score (nSPS) is 10.5. The van der Waals surface area contributed by atoms with Gasteiger partial charge in [-0.3, -0.25) is 0 Å². The minimum atomic E-state index is -0.100. The molecule has 1 rings (SSSR count). The van der Waals surface area contributed by atoms with E-state index in [1.807, 2.05) is 12.3 Å². The van der Waals surface area contributed by atoms with Gasteiger partial charge >= 0.3 is 87.3 Å². The third-order valence-electron chi connectivity index (χ3n) is 1.19. The van der Waals surface area contributed by atoms with E-state index in [0.29, 0.717) is 6.61 Å². The Balaban J connectivity index is 2.60. The number of hydrogen-bond acceptors (Lipinski definition) is 4. The summed E-state index contributed by atoms with van der Waals surface area (Å²) < 4.78 is 5.33. The molecule has 12 heavy (non-hydrogen) atoms. The summed E-state index contributed by atoms with van der Waals surface area (Å²) in [7, 11) is 0. The number of aromatic nitrogens is 2. The van der Waals surface area contributed by atoms with Gasteiger partial charge in [0.15, 0.2) is 0 Å². The van der Waals surface area contributed by atoms with Crippen LogP contribution in [0.4, 0.5) is 0 Å². The van der Waals surface area contributed by atoms with Crippen molar-refractivity contribution in [3.05, 3.63) is 18.0 Å². The molecular formula is C7H10IN2OS-. The van der Waals surface area contributed by atoms with Gasteiger partial charge in [-0.25, -0.2) is 0 Å². The van der Waals surface area contributed by atoms with Gasteiger partial charge in [0, 0.05) is 0 Å². The molecular weight excluding hydrogens is 287 g/mol. The zero-order chi connectivity index (χ0) is 8.81. The standard InChI is InChI=1S/C7H10IN2OS/c1-8-11-5-6-3-4-9-7(10-6)12-2/h3-4H,5H2,1-2H3/q-1. The van der Waals surface area contributed by atoms with E-state index in [2.05, 4.69) is 14.9 Å². The van der Waals surface area contributed by atoms with Crippen LogP contribution in [-0.4, -0.2) is 21.2 Å². The topological polar surface area (TPSA) is 35.0 Å². The Morgan fingerprint density at radius 2 is 2.50 bits per heavy atom. The van der Waals surface area contributed by atoms with Crippen LogP contribution < -0.4 is 21.6 Å². The molecule has 0 spiro atoms. The fraction of sp³-hybridized carbons (Fsp3) is 0.429. The summed E-state index contributed by atoms with van der Waals surface area (Å²) in [5.74, 6) is 0. The molecule has 0 aliphatic carbocycles. The Morgan fingerprint density at radius 1 is 1.67 bits per heavy atom. The third-order valence-corrected chi connectivity index (χ3v) is 2.68. The molecule has 0 aliphatic heterocycles. The molecule has 1 heterocycles. The Morgan fingerprint density at radius 3 is 3.17 bits per heavy atom. The summed E-state index contributed by atoms with van der Waals surface area (Å²) in [6.45, 7) is 0.625. The van der Waals surface area contributed by atoms with Crippen LogP contribution in [0.5, 0.6) is 0 Å². The molecule has 0 atom stereocenters. The second-order valence-corrected chi connectivity index (χ2v) is 4.22. The first-order valence-corrected chi connectivity index (χ1v) is 7.60. The van der Waals surface area contributed by atoms with E-state index in [4.69, 9.17) is 3.07 Å². The average molecular weight is 297 g/mol. The summed E-state index contributed by atoms with van der Waals surface area (Å²) in [5.41, 5.74) is 0.968. The van der Waals surface area contributed by atoms with Crippen LogP contribution in [0.1, 0.15) is 5.69 Å². The Kier molecular flexibility index (Phi) is 4.86. The molecule has 0 fully saturated rings. The molecule has 0 amide bonds. The van der Waals surface area contributed by atoms with Gasteiger partial charge in [0.1, 0.15) is 0 Å². The van der Waals surface area contributed by atoms with Crippen molar-refractivity contribution >= 4 is 11.8 Å². The second-order valence-electron chi connectivity index (χ2n) is 1.94. The second kappa shape index (κ2) is 5.71. The maximum absolute atomic E-state index is 5.33. The molecule has 5 heteroatoms. The average Bonchev–Trinajstić information content (AvgIpc) is 2.15. The quantitative estimate of drug-likeness (QED) is 0.289. The van der Waals surface area contributed by atoms with Crippen molar-refractivity contribution in [2.24, 2.45) is 0 Å². The number of nitrogens with zero attached hydrogens (tertiary/aromatic N) is 2. The first-order chi connectivity index (χ1) is 5.86. The summed E-state index contributed by atoms with van der Waals surface area (Å²) in [5, 5.41) is 0.811. The molecule has 0 aromatic carbocycles. The van der Waals surface area contributed by atoms with Crippen molar-refractivity contribution in [3.63, 3.8) is 0 Å². The van der Waals surface area contributed by atoms with E-state index in [9.17, 15) is 0 Å². The number of rotatable bonds is 4. The predicted molar refractivity (Wildman–Crippen MR) is 44.5 cm³/mol. The zero-order valence-corrected chi connectivity index (χ0v) is 9.92. The molecule has 1 aromatic rings. The fourth-order valence-electron chi connectivity index (χ4n) is 0.665. The van der Waals surface area contributed by atoms with E-state index in [0.717, 1.165) is 10.9 Å². The molecule has 0 saturated carbocycles. The van der Waals surface area contributed by atoms with Crippen LogP contribution in [0, 0.1) is 0 Å². The van der Waals surface area contributed by atoms with Gasteiger partial charge < -0.3 is 0 Å². The van der Waals surface area contributed by atoms with Gasteiger partial charge in [-0.2, -0.15) is 0 Å². The van der Waals surface area contributed by atoms with E-state index < -0.39 is 0 Å². The zero-order valence-electron chi connectivity index (χ0n) is 6.95. The van der Waals surface area contributed by atoms with Crippen molar-refractivity contribution in [2.45, 2.75) is 11.8 Å². The molecule has 0 saturated heterocycles. The van der Waals surface area contributed by atoms with Gasteiger partial charge in [-0.05, 0) is 0 Å². The van der Waals surface area contributed by atoms with Gasteiger partial charge in [-0.15, -0.1) is 0 Å². The van der Waals surface area contributed by atoms with Crippen molar-refractivity contribution in [1.82, 2.24) is 9.97 Å². The van der Waals surface area contributed by atoms with Crippen LogP contribution in [0.25, 0.3) is 0 Å². The van der Waals surface area contributed by atoms with Gasteiger partial charge in [0.05, 0.1) is 0 Å². The Bertz CT molecular complexity index is 247. The molecule has 68 valence electrons. The maximum atomic E-state index is 5.33. The van der Waals surface area contributed by atoms with E-state index in [1.54, 1.807) is 18.0 Å². The van der Waals surface area contributed by atoms with Crippen molar-refractivity contribution < 1.29 is 24.7 Å². The number of hydrogen-bond donors (Lipinski definition) is 0. The molecule has 0 N–H and O–H groups in total. The molecule has 3 nitrogen and oxygen atoms in total. The number of alkyl halides is 1. The van der Waals surface area contributed by atoms with Gasteiger partial charge in [-0.1, -0.05) is 0 Å².